The first kappa shape index (κ1) is 31.0. The maximum atomic E-state index is 14.1. The number of carbonyl (C=O) groups is 1. The van der Waals surface area contributed by atoms with Crippen molar-refractivity contribution in [2.75, 3.05) is 6.61 Å². The fourth-order valence-corrected chi connectivity index (χ4v) is 7.04. The van der Waals surface area contributed by atoms with E-state index in [9.17, 15) is 9.59 Å². The second-order valence-electron chi connectivity index (χ2n) is 10.1. The highest BCUT2D eigenvalue weighted by atomic mass is 79.9. The third-order valence-corrected chi connectivity index (χ3v) is 9.33. The van der Waals surface area contributed by atoms with E-state index in [-0.39, 0.29) is 18.8 Å². The van der Waals surface area contributed by atoms with Gasteiger partial charge in [-0.3, -0.25) is 9.36 Å². The molecule has 2 heterocycles. The largest absolute Gasteiger partial charge is 0.488 e. The molecule has 0 saturated carbocycles. The van der Waals surface area contributed by atoms with Gasteiger partial charge in [0.15, 0.2) is 4.80 Å². The Kier molecular flexibility index (Phi) is 9.37. The van der Waals surface area contributed by atoms with Crippen molar-refractivity contribution in [3.05, 3.63) is 159 Å². The number of rotatable bonds is 8. The normalized spacial score (nSPS) is 14.6. The molecule has 0 unspecified atom stereocenters. The zero-order valence-corrected chi connectivity index (χ0v) is 27.8. The Morgan fingerprint density at radius 1 is 1.00 bits per heavy atom. The van der Waals surface area contributed by atoms with E-state index in [1.807, 2.05) is 91.0 Å². The molecule has 226 valence electrons. The first-order valence-electron chi connectivity index (χ1n) is 14.0. The van der Waals surface area contributed by atoms with E-state index in [4.69, 9.17) is 37.7 Å². The summed E-state index contributed by atoms with van der Waals surface area (Å²) in [7, 11) is 0. The summed E-state index contributed by atoms with van der Waals surface area (Å²) in [6.07, 6.45) is 1.81. The van der Waals surface area contributed by atoms with Crippen LogP contribution < -0.4 is 19.6 Å². The van der Waals surface area contributed by atoms with E-state index in [0.29, 0.717) is 40.9 Å². The lowest BCUT2D eigenvalue weighted by Gasteiger charge is -2.25. The molecule has 6 rings (SSSR count). The molecule has 0 aliphatic carbocycles. The number of hydrogen-bond donors (Lipinski definition) is 0. The average Bonchev–Trinajstić information content (AvgIpc) is 3.35. The molecule has 0 saturated heterocycles. The fourth-order valence-electron chi connectivity index (χ4n) is 5.06. The second-order valence-corrected chi connectivity index (χ2v) is 12.8. The summed E-state index contributed by atoms with van der Waals surface area (Å²) < 4.78 is 14.3. The summed E-state index contributed by atoms with van der Waals surface area (Å²) in [5.74, 6) is 0.109. The molecule has 4 aromatic carbocycles. The Balaban J connectivity index is 1.43. The van der Waals surface area contributed by atoms with E-state index in [2.05, 4.69) is 15.9 Å². The molecule has 45 heavy (non-hydrogen) atoms. The monoisotopic (exact) mass is 718 g/mol. The first-order chi connectivity index (χ1) is 21.8. The Morgan fingerprint density at radius 2 is 1.73 bits per heavy atom. The average molecular weight is 720 g/mol. The van der Waals surface area contributed by atoms with Crippen molar-refractivity contribution in [1.29, 1.82) is 0 Å². The number of benzene rings is 4. The van der Waals surface area contributed by atoms with Crippen LogP contribution in [0.5, 0.6) is 5.75 Å². The summed E-state index contributed by atoms with van der Waals surface area (Å²) in [6, 6.07) is 29.1. The molecule has 0 N–H and O–H groups in total. The van der Waals surface area contributed by atoms with Gasteiger partial charge >= 0.3 is 5.97 Å². The molecular formula is C35H25BrCl2N2O4S. The number of nitrogens with zero attached hydrogens (tertiary/aromatic N) is 2. The lowest BCUT2D eigenvalue weighted by molar-refractivity contribution is -0.138. The SMILES string of the molecule is CCOC(=O)C1=C(c2ccccc2)N=c2s/c(=C\c3ccc(OCc4ccc(Cl)cc4Cl)c(Br)c3)c(=O)n2[C@@H]1c1ccccc1. The van der Waals surface area contributed by atoms with Gasteiger partial charge in [0.25, 0.3) is 5.56 Å². The quantitative estimate of drug-likeness (QED) is 0.155. The molecule has 10 heteroatoms. The van der Waals surface area contributed by atoms with E-state index < -0.39 is 12.0 Å². The number of carbonyl (C=O) groups excluding carboxylic acids is 1. The van der Waals surface area contributed by atoms with Gasteiger partial charge in [0.2, 0.25) is 0 Å². The molecule has 5 aromatic rings. The number of thiazole rings is 1. The van der Waals surface area contributed by atoms with E-state index in [1.165, 1.54) is 11.3 Å². The van der Waals surface area contributed by atoms with Gasteiger partial charge < -0.3 is 9.47 Å². The highest BCUT2D eigenvalue weighted by molar-refractivity contribution is 9.10. The van der Waals surface area contributed by atoms with Crippen LogP contribution in [0.25, 0.3) is 11.8 Å². The van der Waals surface area contributed by atoms with Crippen molar-refractivity contribution in [3.8, 4) is 5.75 Å². The third kappa shape index (κ3) is 6.56. The number of aromatic nitrogens is 1. The van der Waals surface area contributed by atoms with Crippen LogP contribution >= 0.6 is 50.5 Å². The Morgan fingerprint density at radius 3 is 2.42 bits per heavy atom. The van der Waals surface area contributed by atoms with E-state index in [0.717, 1.165) is 22.3 Å². The topological polar surface area (TPSA) is 69.9 Å². The molecular weight excluding hydrogens is 695 g/mol. The molecule has 0 amide bonds. The lowest BCUT2D eigenvalue weighted by atomic mass is 9.93. The maximum absolute atomic E-state index is 14.1. The summed E-state index contributed by atoms with van der Waals surface area (Å²) >= 11 is 17.2. The number of ether oxygens (including phenoxy) is 2. The van der Waals surface area contributed by atoms with Crippen molar-refractivity contribution in [2.24, 2.45) is 4.99 Å². The van der Waals surface area contributed by atoms with Crippen LogP contribution in [0.15, 0.2) is 117 Å². The molecule has 0 spiro atoms. The fraction of sp³-hybridized carbons (Fsp3) is 0.114. The molecule has 0 fully saturated rings. The smallest absolute Gasteiger partial charge is 0.338 e. The Bertz CT molecular complexity index is 2110. The van der Waals surface area contributed by atoms with Crippen molar-refractivity contribution < 1.29 is 14.3 Å². The molecule has 1 aliphatic rings. The van der Waals surface area contributed by atoms with Crippen LogP contribution in [0, 0.1) is 0 Å². The minimum atomic E-state index is -0.721. The lowest BCUT2D eigenvalue weighted by Crippen LogP contribution is -2.39. The minimum Gasteiger partial charge on any atom is -0.488 e. The molecule has 1 aliphatic heterocycles. The van der Waals surface area contributed by atoms with Crippen LogP contribution in [0.4, 0.5) is 0 Å². The number of esters is 1. The van der Waals surface area contributed by atoms with E-state index >= 15 is 0 Å². The highest BCUT2D eigenvalue weighted by Gasteiger charge is 2.35. The first-order valence-corrected chi connectivity index (χ1v) is 16.4. The van der Waals surface area contributed by atoms with Gasteiger partial charge in [0.1, 0.15) is 12.4 Å². The molecule has 0 radical (unpaired) electrons. The van der Waals surface area contributed by atoms with Gasteiger partial charge in [-0.15, -0.1) is 0 Å². The minimum absolute atomic E-state index is 0.192. The van der Waals surface area contributed by atoms with Gasteiger partial charge in [0.05, 0.1) is 32.9 Å². The molecule has 0 bridgehead atoms. The highest BCUT2D eigenvalue weighted by Crippen LogP contribution is 2.35. The van der Waals surface area contributed by atoms with Crippen LogP contribution in [0.3, 0.4) is 0 Å². The van der Waals surface area contributed by atoms with E-state index in [1.54, 1.807) is 23.6 Å². The van der Waals surface area contributed by atoms with Crippen LogP contribution in [0.1, 0.15) is 35.2 Å². The van der Waals surface area contributed by atoms with Crippen LogP contribution in [0.2, 0.25) is 10.0 Å². The Labute approximate surface area is 281 Å². The second kappa shape index (κ2) is 13.6. The van der Waals surface area contributed by atoms with Gasteiger partial charge in [-0.2, -0.15) is 0 Å². The van der Waals surface area contributed by atoms with Crippen molar-refractivity contribution in [3.63, 3.8) is 0 Å². The zero-order valence-electron chi connectivity index (χ0n) is 23.9. The summed E-state index contributed by atoms with van der Waals surface area (Å²) in [4.78, 5) is 33.0. The summed E-state index contributed by atoms with van der Waals surface area (Å²) in [5, 5.41) is 1.09. The standard InChI is InChI=1S/C35H25BrCl2N2O4S/c1-2-43-34(42)30-31(22-9-5-3-6-10-22)39-35-40(32(30)23-11-7-4-8-12-23)33(41)29(45-35)18-21-13-16-28(26(36)17-21)44-20-24-14-15-25(37)19-27(24)38/h3-19,32H,2,20H2,1H3/b29-18-/t32-/m1/s1. The van der Waals surface area contributed by atoms with Crippen LogP contribution in [-0.2, 0) is 16.1 Å². The van der Waals surface area contributed by atoms with Crippen molar-refractivity contribution >= 4 is 68.2 Å². The Hall–Kier alpha value is -3.95. The third-order valence-electron chi connectivity index (χ3n) is 7.14. The van der Waals surface area contributed by atoms with Crippen molar-refractivity contribution in [1.82, 2.24) is 4.57 Å². The molecule has 6 nitrogen and oxygen atoms in total. The van der Waals surface area contributed by atoms with Gasteiger partial charge in [-0.25, -0.2) is 9.79 Å². The summed E-state index contributed by atoms with van der Waals surface area (Å²) in [5.41, 5.74) is 3.69. The van der Waals surface area contributed by atoms with Gasteiger partial charge in [0, 0.05) is 21.2 Å². The maximum Gasteiger partial charge on any atom is 0.338 e. The molecule has 1 aromatic heterocycles. The zero-order chi connectivity index (χ0) is 31.5. The van der Waals surface area contributed by atoms with Crippen LogP contribution in [-0.4, -0.2) is 17.1 Å². The van der Waals surface area contributed by atoms with Gasteiger partial charge in [-0.05, 0) is 64.3 Å². The number of halogens is 3. The van der Waals surface area contributed by atoms with Gasteiger partial charge in [-0.1, -0.05) is 107 Å². The number of fused-ring (bicyclic) bond motifs is 1. The molecule has 1 atom stereocenters. The predicted molar refractivity (Wildman–Crippen MR) is 182 cm³/mol. The van der Waals surface area contributed by atoms with Crippen molar-refractivity contribution in [2.45, 2.75) is 19.6 Å². The number of hydrogen-bond acceptors (Lipinski definition) is 6. The summed E-state index contributed by atoms with van der Waals surface area (Å²) in [6.45, 7) is 2.21. The predicted octanol–water partition coefficient (Wildman–Crippen LogP) is 7.58.